The van der Waals surface area contributed by atoms with E-state index in [2.05, 4.69) is 34.6 Å². The summed E-state index contributed by atoms with van der Waals surface area (Å²) < 4.78 is 73.6. The zero-order chi connectivity index (χ0) is 86.9. The van der Waals surface area contributed by atoms with Crippen LogP contribution in [0, 0.1) is 5.92 Å². The van der Waals surface area contributed by atoms with Crippen molar-refractivity contribution in [3.63, 3.8) is 0 Å². The van der Waals surface area contributed by atoms with Crippen LogP contribution in [0.5, 0.6) is 0 Å². The Bertz CT molecular complexity index is 2490. The molecule has 702 valence electrons. The Labute approximate surface area is 719 Å². The van der Waals surface area contributed by atoms with Crippen LogP contribution in [0.4, 0.5) is 0 Å². The van der Waals surface area contributed by atoms with Gasteiger partial charge in [0.25, 0.3) is 0 Å². The van der Waals surface area contributed by atoms with Gasteiger partial charge in [0.15, 0.2) is 24.8 Å². The number of hydrogen-bond acceptors (Lipinski definition) is 24. The minimum absolute atomic E-state index is 0.0199. The Hall–Kier alpha value is -2.53. The van der Waals surface area contributed by atoms with Gasteiger partial charge in [-0.3, -0.25) is 28.2 Å². The van der Waals surface area contributed by atoms with Crippen LogP contribution in [0.25, 0.3) is 0 Å². The summed E-state index contributed by atoms with van der Waals surface area (Å²) in [5.74, 6) is -2.27. The molecule has 0 amide bonds. The number of esters is 4. The molecule has 2 saturated heterocycles. The summed E-state index contributed by atoms with van der Waals surface area (Å²) >= 11 is 0. The van der Waals surface area contributed by atoms with E-state index in [4.69, 9.17) is 46.9 Å². The molecule has 3 fully saturated rings. The molecule has 1 saturated carbocycles. The number of aliphatic hydroxyl groups is 9. The number of phosphoric ester groups is 1. The number of ether oxygens (including phenoxy) is 8. The van der Waals surface area contributed by atoms with Crippen molar-refractivity contribution in [3.05, 3.63) is 0 Å². The first-order chi connectivity index (χ1) is 57.6. The summed E-state index contributed by atoms with van der Waals surface area (Å²) in [4.78, 5) is 66.6. The predicted molar refractivity (Wildman–Crippen MR) is 463 cm³/mol. The molecule has 19 unspecified atom stereocenters. The van der Waals surface area contributed by atoms with Crippen LogP contribution in [0.1, 0.15) is 433 Å². The zero-order valence-electron chi connectivity index (χ0n) is 75.1. The number of carbonyl (C=O) groups excluding carboxylic acids is 4. The fourth-order valence-electron chi connectivity index (χ4n) is 16.4. The highest BCUT2D eigenvalue weighted by Gasteiger charge is 2.60. The van der Waals surface area contributed by atoms with Gasteiger partial charge in [0.1, 0.15) is 92.6 Å². The highest BCUT2D eigenvalue weighted by molar-refractivity contribution is 7.47. The van der Waals surface area contributed by atoms with Crippen LogP contribution < -0.4 is 0 Å². The van der Waals surface area contributed by atoms with Gasteiger partial charge >= 0.3 is 31.7 Å². The van der Waals surface area contributed by atoms with Crippen LogP contribution in [0.3, 0.4) is 0 Å². The van der Waals surface area contributed by atoms with E-state index in [1.807, 2.05) is 0 Å². The Morgan fingerprint density at radius 3 is 1.00 bits per heavy atom. The maximum atomic E-state index is 14.9. The first-order valence-corrected chi connectivity index (χ1v) is 50.2. The standard InChI is InChI=1S/C93H175O25P/c1-6-10-14-18-22-25-28-31-33-35-38-41-44-47-54-61-67-79(98)115-88-84(103)85(104)89(116-92-86(105)82(101)80(99)74(68-94)113-92)91(90(88)117-93-87(106)83(102)81(100)75(114-93)71-110-77(96)65-59-53-46-43-40-37-34-32-29-26-23-19-15-11-7-2)118-119(107,108)111-70-73(69-109-76(95)64-58-52-45-42-39-36-30-27-24-20-16-12-8-3)112-78(97)66-60-55-49-48-51-57-63-72(5)62-56-50-21-17-13-9-4/h72-75,80-94,99-106H,6-71H2,1-5H3,(H,107,108). The van der Waals surface area contributed by atoms with Gasteiger partial charge in [0.05, 0.1) is 13.2 Å². The van der Waals surface area contributed by atoms with Crippen molar-refractivity contribution in [2.24, 2.45) is 5.92 Å². The average Bonchev–Trinajstić information content (AvgIpc) is 0.754. The van der Waals surface area contributed by atoms with Crippen molar-refractivity contribution in [1.82, 2.24) is 0 Å². The van der Waals surface area contributed by atoms with Crippen molar-refractivity contribution < 1.29 is 122 Å². The highest BCUT2D eigenvalue weighted by atomic mass is 31.2. The van der Waals surface area contributed by atoms with E-state index >= 15 is 0 Å². The van der Waals surface area contributed by atoms with Crippen molar-refractivity contribution in [3.8, 4) is 0 Å². The summed E-state index contributed by atoms with van der Waals surface area (Å²) in [7, 11) is -5.81. The molecule has 0 spiro atoms. The van der Waals surface area contributed by atoms with E-state index in [1.54, 1.807) is 0 Å². The summed E-state index contributed by atoms with van der Waals surface area (Å²) in [5, 5.41) is 102. The average molecular weight is 1720 g/mol. The van der Waals surface area contributed by atoms with E-state index < -0.39 is 162 Å². The van der Waals surface area contributed by atoms with Crippen molar-refractivity contribution >= 4 is 31.7 Å². The second kappa shape index (κ2) is 71.5. The zero-order valence-corrected chi connectivity index (χ0v) is 76.0. The number of carbonyl (C=O) groups is 4. The third-order valence-corrected chi connectivity index (χ3v) is 25.2. The highest BCUT2D eigenvalue weighted by Crippen LogP contribution is 2.49. The molecule has 1 aliphatic carbocycles. The largest absolute Gasteiger partial charge is 0.472 e. The van der Waals surface area contributed by atoms with E-state index in [0.717, 1.165) is 128 Å². The number of aliphatic hydroxyl groups excluding tert-OH is 9. The van der Waals surface area contributed by atoms with Gasteiger partial charge in [0.2, 0.25) is 0 Å². The molecule has 0 aromatic rings. The maximum absolute atomic E-state index is 14.9. The second-order valence-electron chi connectivity index (χ2n) is 35.2. The molecular weight excluding hydrogens is 1550 g/mol. The Morgan fingerprint density at radius 1 is 0.328 bits per heavy atom. The molecule has 2 aliphatic heterocycles. The fraction of sp³-hybridized carbons (Fsp3) is 0.957. The molecule has 19 atom stereocenters. The molecule has 10 N–H and O–H groups in total. The van der Waals surface area contributed by atoms with Crippen LogP contribution >= 0.6 is 7.82 Å². The first-order valence-electron chi connectivity index (χ1n) is 48.7. The summed E-state index contributed by atoms with van der Waals surface area (Å²) in [6.07, 6.45) is 27.9. The van der Waals surface area contributed by atoms with Crippen LogP contribution in [-0.4, -0.2) is 205 Å². The van der Waals surface area contributed by atoms with E-state index in [9.17, 15) is 74.6 Å². The lowest BCUT2D eigenvalue weighted by Gasteiger charge is -2.50. The monoisotopic (exact) mass is 1720 g/mol. The van der Waals surface area contributed by atoms with Gasteiger partial charge in [-0.25, -0.2) is 4.57 Å². The van der Waals surface area contributed by atoms with Gasteiger partial charge in [-0.15, -0.1) is 0 Å². The molecule has 0 aromatic heterocycles. The molecular formula is C93H175O25P. The second-order valence-corrected chi connectivity index (χ2v) is 36.6. The normalized spacial score (nSPS) is 25.0. The van der Waals surface area contributed by atoms with Crippen molar-refractivity contribution in [2.75, 3.05) is 26.4 Å². The van der Waals surface area contributed by atoms with Crippen LogP contribution in [0.2, 0.25) is 0 Å². The van der Waals surface area contributed by atoms with Gasteiger partial charge in [-0.1, -0.05) is 381 Å². The molecule has 0 bridgehead atoms. The van der Waals surface area contributed by atoms with Gasteiger partial charge in [0, 0.05) is 25.7 Å². The lowest BCUT2D eigenvalue weighted by atomic mass is 9.84. The number of rotatable bonds is 79. The number of unbranched alkanes of at least 4 members (excludes halogenated alkanes) is 51. The van der Waals surface area contributed by atoms with Gasteiger partial charge < -0.3 is 88.7 Å². The predicted octanol–water partition coefficient (Wildman–Crippen LogP) is 18.4. The molecule has 3 rings (SSSR count). The molecule has 0 aromatic carbocycles. The summed E-state index contributed by atoms with van der Waals surface area (Å²) in [5.41, 5.74) is 0. The van der Waals surface area contributed by atoms with Gasteiger partial charge in [-0.05, 0) is 31.6 Å². The minimum atomic E-state index is -5.81. The molecule has 2 heterocycles. The lowest BCUT2D eigenvalue weighted by Crippen LogP contribution is -2.70. The lowest BCUT2D eigenvalue weighted by molar-refractivity contribution is -0.360. The maximum Gasteiger partial charge on any atom is 0.472 e. The van der Waals surface area contributed by atoms with Crippen molar-refractivity contribution in [2.45, 2.75) is 537 Å². The molecule has 119 heavy (non-hydrogen) atoms. The first kappa shape index (κ1) is 111. The minimum Gasteiger partial charge on any atom is -0.463 e. The Kier molecular flexibility index (Phi) is 66.5. The SMILES string of the molecule is CCCCCCCCCCCCCCCCCCC(=O)OC1C(O)C(O)C(OC2OC(CO)C(O)C(O)C2O)C(OP(=O)(O)OCC(COC(=O)CCCCCCCCCCCCCCC)OC(=O)CCCCCCCCC(C)CCCCCCCC)C1OC1OC(COC(=O)CCCCCCCCCCCCCCCCC)C(O)C(O)C1O. The van der Waals surface area contributed by atoms with Crippen LogP contribution in [0.15, 0.2) is 0 Å². The molecule has 3 aliphatic rings. The van der Waals surface area contributed by atoms with E-state index in [0.29, 0.717) is 38.0 Å². The third-order valence-electron chi connectivity index (χ3n) is 24.3. The van der Waals surface area contributed by atoms with Gasteiger partial charge in [-0.2, -0.15) is 0 Å². The molecule has 26 heteroatoms. The van der Waals surface area contributed by atoms with Crippen LogP contribution in [-0.2, 0) is 70.7 Å². The molecule has 25 nitrogen and oxygen atoms in total. The topological polar surface area (TPSA) is 380 Å². The smallest absolute Gasteiger partial charge is 0.463 e. The van der Waals surface area contributed by atoms with E-state index in [1.165, 1.54) is 212 Å². The fourth-order valence-corrected chi connectivity index (χ4v) is 17.4. The van der Waals surface area contributed by atoms with E-state index in [-0.39, 0.29) is 25.7 Å². The number of hydrogen-bond donors (Lipinski definition) is 10. The number of phosphoric acid groups is 1. The quantitative estimate of drug-likeness (QED) is 0.0117. The Morgan fingerprint density at radius 2 is 0.630 bits per heavy atom. The molecule has 0 radical (unpaired) electrons. The summed E-state index contributed by atoms with van der Waals surface area (Å²) in [6, 6.07) is 0. The third kappa shape index (κ3) is 51.8. The Balaban J connectivity index is 1.91. The summed E-state index contributed by atoms with van der Waals surface area (Å²) in [6.45, 7) is 7.97. The van der Waals surface area contributed by atoms with Crippen molar-refractivity contribution in [1.29, 1.82) is 0 Å².